The van der Waals surface area contributed by atoms with Gasteiger partial charge in [0.05, 0.1) is 16.6 Å². The van der Waals surface area contributed by atoms with E-state index in [2.05, 4.69) is 5.32 Å². The van der Waals surface area contributed by atoms with E-state index in [1.807, 2.05) is 64.1 Å². The van der Waals surface area contributed by atoms with Crippen molar-refractivity contribution in [3.05, 3.63) is 95.1 Å². The maximum atomic E-state index is 13.4. The number of aryl methyl sites for hydroxylation is 3. The second-order valence-corrected chi connectivity index (χ2v) is 9.72. The first-order chi connectivity index (χ1) is 14.7. The van der Waals surface area contributed by atoms with Gasteiger partial charge in [-0.2, -0.15) is 0 Å². The molecule has 0 unspecified atom stereocenters. The molecule has 0 saturated heterocycles. The molecule has 0 aromatic heterocycles. The standard InChI is InChI=1S/C25H28N2O3S/c1-18-5-11-22(12-6-18)21(4)26-25(28)17-27(23-13-7-19(2)8-14-23)31(29,30)24-15-9-20(3)10-16-24/h5-16,21H,17H2,1-4H3,(H,26,28)/t21-/m1/s1. The van der Waals surface area contributed by atoms with Crippen LogP contribution in [-0.2, 0) is 14.8 Å². The Hall–Kier alpha value is -3.12. The summed E-state index contributed by atoms with van der Waals surface area (Å²) < 4.78 is 28.0. The van der Waals surface area contributed by atoms with E-state index in [1.54, 1.807) is 36.4 Å². The van der Waals surface area contributed by atoms with Crippen molar-refractivity contribution in [2.45, 2.75) is 38.6 Å². The lowest BCUT2D eigenvalue weighted by atomic mass is 10.1. The number of carbonyl (C=O) groups excluding carboxylic acids is 1. The molecule has 0 fully saturated rings. The van der Waals surface area contributed by atoms with Crippen molar-refractivity contribution in [2.75, 3.05) is 10.8 Å². The SMILES string of the molecule is Cc1ccc([C@@H](C)NC(=O)CN(c2ccc(C)cc2)S(=O)(=O)c2ccc(C)cc2)cc1. The molecule has 0 spiro atoms. The van der Waals surface area contributed by atoms with Crippen LogP contribution in [0.25, 0.3) is 0 Å². The van der Waals surface area contributed by atoms with E-state index in [0.717, 1.165) is 26.6 Å². The van der Waals surface area contributed by atoms with Gasteiger partial charge >= 0.3 is 0 Å². The summed E-state index contributed by atoms with van der Waals surface area (Å²) in [6, 6.07) is 21.4. The summed E-state index contributed by atoms with van der Waals surface area (Å²) in [5.74, 6) is -0.371. The van der Waals surface area contributed by atoms with Gasteiger partial charge < -0.3 is 5.32 Å². The summed E-state index contributed by atoms with van der Waals surface area (Å²) in [6.45, 7) is 7.40. The number of hydrogen-bond acceptors (Lipinski definition) is 3. The highest BCUT2D eigenvalue weighted by Gasteiger charge is 2.27. The fourth-order valence-electron chi connectivity index (χ4n) is 3.22. The van der Waals surface area contributed by atoms with E-state index in [9.17, 15) is 13.2 Å². The molecule has 0 radical (unpaired) electrons. The first-order valence-electron chi connectivity index (χ1n) is 10.2. The van der Waals surface area contributed by atoms with Crippen molar-refractivity contribution in [2.24, 2.45) is 0 Å². The zero-order chi connectivity index (χ0) is 22.6. The molecule has 1 atom stereocenters. The number of nitrogens with one attached hydrogen (secondary N) is 1. The predicted octanol–water partition coefficient (Wildman–Crippen LogP) is 4.68. The summed E-state index contributed by atoms with van der Waals surface area (Å²) in [6.07, 6.45) is 0. The minimum Gasteiger partial charge on any atom is -0.348 e. The molecule has 0 aliphatic heterocycles. The summed E-state index contributed by atoms with van der Waals surface area (Å²) in [4.78, 5) is 13.0. The average Bonchev–Trinajstić information content (AvgIpc) is 2.73. The molecule has 1 N–H and O–H groups in total. The zero-order valence-electron chi connectivity index (χ0n) is 18.3. The Kier molecular flexibility index (Phi) is 6.81. The Balaban J connectivity index is 1.87. The van der Waals surface area contributed by atoms with Crippen molar-refractivity contribution >= 4 is 21.6 Å². The number of benzene rings is 3. The predicted molar refractivity (Wildman–Crippen MR) is 125 cm³/mol. The van der Waals surface area contributed by atoms with Crippen LogP contribution < -0.4 is 9.62 Å². The second kappa shape index (κ2) is 9.35. The molecule has 162 valence electrons. The maximum Gasteiger partial charge on any atom is 0.264 e. The van der Waals surface area contributed by atoms with Crippen LogP contribution >= 0.6 is 0 Å². The molecule has 0 heterocycles. The molecule has 0 aliphatic carbocycles. The number of amides is 1. The fraction of sp³-hybridized carbons (Fsp3) is 0.240. The highest BCUT2D eigenvalue weighted by Crippen LogP contribution is 2.24. The van der Waals surface area contributed by atoms with Crippen LogP contribution in [0, 0.1) is 20.8 Å². The lowest BCUT2D eigenvalue weighted by Crippen LogP contribution is -2.41. The van der Waals surface area contributed by atoms with E-state index in [4.69, 9.17) is 0 Å². The maximum absolute atomic E-state index is 13.4. The van der Waals surface area contributed by atoms with Crippen LogP contribution in [0.15, 0.2) is 77.7 Å². The van der Waals surface area contributed by atoms with E-state index in [1.165, 1.54) is 0 Å². The first-order valence-corrected chi connectivity index (χ1v) is 11.6. The Morgan fingerprint density at radius 3 is 1.77 bits per heavy atom. The molecule has 6 heteroatoms. The molecular formula is C25H28N2O3S. The molecule has 1 amide bonds. The average molecular weight is 437 g/mol. The van der Waals surface area contributed by atoms with Gasteiger partial charge in [-0.3, -0.25) is 9.10 Å². The Bertz CT molecular complexity index is 1140. The Morgan fingerprint density at radius 2 is 1.26 bits per heavy atom. The molecule has 0 aliphatic rings. The van der Waals surface area contributed by atoms with Crippen LogP contribution in [0.2, 0.25) is 0 Å². The highest BCUT2D eigenvalue weighted by atomic mass is 32.2. The Labute approximate surface area is 184 Å². The number of hydrogen-bond donors (Lipinski definition) is 1. The van der Waals surface area contributed by atoms with Gasteiger partial charge in [0, 0.05) is 0 Å². The van der Waals surface area contributed by atoms with E-state index >= 15 is 0 Å². The van der Waals surface area contributed by atoms with Crippen LogP contribution in [0.5, 0.6) is 0 Å². The molecule has 3 aromatic rings. The third kappa shape index (κ3) is 5.52. The van der Waals surface area contributed by atoms with Gasteiger partial charge in [0.1, 0.15) is 6.54 Å². The van der Waals surface area contributed by atoms with Crippen LogP contribution in [0.4, 0.5) is 5.69 Å². The fourth-order valence-corrected chi connectivity index (χ4v) is 4.64. The van der Waals surface area contributed by atoms with Crippen molar-refractivity contribution in [3.63, 3.8) is 0 Å². The van der Waals surface area contributed by atoms with Crippen molar-refractivity contribution in [1.29, 1.82) is 0 Å². The lowest BCUT2D eigenvalue weighted by molar-refractivity contribution is -0.120. The molecule has 3 aromatic carbocycles. The van der Waals surface area contributed by atoms with Crippen molar-refractivity contribution in [1.82, 2.24) is 5.32 Å². The van der Waals surface area contributed by atoms with Crippen molar-refractivity contribution in [3.8, 4) is 0 Å². The van der Waals surface area contributed by atoms with Gasteiger partial charge in [0.25, 0.3) is 10.0 Å². The van der Waals surface area contributed by atoms with Crippen LogP contribution in [0.3, 0.4) is 0 Å². The molecule has 0 bridgehead atoms. The zero-order valence-corrected chi connectivity index (χ0v) is 19.1. The topological polar surface area (TPSA) is 66.5 Å². The molecule has 0 saturated carbocycles. The minimum absolute atomic E-state index is 0.151. The minimum atomic E-state index is -3.91. The summed E-state index contributed by atoms with van der Waals surface area (Å²) in [5.41, 5.74) is 4.52. The first kappa shape index (κ1) is 22.6. The van der Waals surface area contributed by atoms with Gasteiger partial charge in [-0.1, -0.05) is 65.2 Å². The number of rotatable bonds is 7. The molecule has 3 rings (SSSR count). The largest absolute Gasteiger partial charge is 0.348 e. The lowest BCUT2D eigenvalue weighted by Gasteiger charge is -2.25. The molecular weight excluding hydrogens is 408 g/mol. The smallest absolute Gasteiger partial charge is 0.264 e. The summed E-state index contributed by atoms with van der Waals surface area (Å²) in [7, 11) is -3.91. The van der Waals surface area contributed by atoms with E-state index in [-0.39, 0.29) is 23.4 Å². The number of carbonyl (C=O) groups is 1. The van der Waals surface area contributed by atoms with E-state index in [0.29, 0.717) is 5.69 Å². The molecule has 31 heavy (non-hydrogen) atoms. The van der Waals surface area contributed by atoms with Gasteiger partial charge in [-0.15, -0.1) is 0 Å². The number of sulfonamides is 1. The number of nitrogens with zero attached hydrogens (tertiary/aromatic N) is 1. The Morgan fingerprint density at radius 1 is 0.806 bits per heavy atom. The third-order valence-electron chi connectivity index (χ3n) is 5.17. The van der Waals surface area contributed by atoms with Crippen LogP contribution in [0.1, 0.15) is 35.2 Å². The molecule has 5 nitrogen and oxygen atoms in total. The summed E-state index contributed by atoms with van der Waals surface area (Å²) >= 11 is 0. The van der Waals surface area contributed by atoms with Crippen molar-refractivity contribution < 1.29 is 13.2 Å². The normalized spacial score (nSPS) is 12.3. The number of anilines is 1. The van der Waals surface area contributed by atoms with E-state index < -0.39 is 10.0 Å². The highest BCUT2D eigenvalue weighted by molar-refractivity contribution is 7.92. The second-order valence-electron chi connectivity index (χ2n) is 7.86. The van der Waals surface area contributed by atoms with Gasteiger partial charge in [0.15, 0.2) is 0 Å². The summed E-state index contributed by atoms with van der Waals surface area (Å²) in [5, 5.41) is 2.91. The monoisotopic (exact) mass is 436 g/mol. The van der Waals surface area contributed by atoms with Gasteiger partial charge in [-0.25, -0.2) is 8.42 Å². The van der Waals surface area contributed by atoms with Gasteiger partial charge in [-0.05, 0) is 57.5 Å². The quantitative estimate of drug-likeness (QED) is 0.585. The third-order valence-corrected chi connectivity index (χ3v) is 6.96. The van der Waals surface area contributed by atoms with Crippen LogP contribution in [-0.4, -0.2) is 20.9 Å². The van der Waals surface area contributed by atoms with Gasteiger partial charge in [0.2, 0.25) is 5.91 Å².